The van der Waals surface area contributed by atoms with Gasteiger partial charge in [0.2, 0.25) is 0 Å². The molecule has 0 saturated heterocycles. The molecular formula is C30H48O2. The van der Waals surface area contributed by atoms with Crippen LogP contribution in [0.15, 0.2) is 23.3 Å². The van der Waals surface area contributed by atoms with Crippen molar-refractivity contribution in [2.24, 2.45) is 44.3 Å². The molecule has 0 aromatic heterocycles. The first kappa shape index (κ1) is 23.2. The highest BCUT2D eigenvalue weighted by Crippen LogP contribution is 2.74. The first-order chi connectivity index (χ1) is 14.8. The third-order valence-corrected chi connectivity index (χ3v) is 12.7. The van der Waals surface area contributed by atoms with Gasteiger partial charge in [0.15, 0.2) is 0 Å². The first-order valence-corrected chi connectivity index (χ1v) is 13.5. The Morgan fingerprint density at radius 2 is 1.50 bits per heavy atom. The van der Waals surface area contributed by atoms with E-state index in [1.54, 1.807) is 11.1 Å². The molecule has 2 unspecified atom stereocenters. The summed E-state index contributed by atoms with van der Waals surface area (Å²) in [5, 5.41) is 21.1. The quantitative estimate of drug-likeness (QED) is 0.458. The van der Waals surface area contributed by atoms with Crippen molar-refractivity contribution < 1.29 is 10.2 Å². The van der Waals surface area contributed by atoms with Gasteiger partial charge < -0.3 is 10.2 Å². The van der Waals surface area contributed by atoms with Gasteiger partial charge in [0.05, 0.1) is 6.10 Å². The molecule has 2 heteroatoms. The topological polar surface area (TPSA) is 40.5 Å². The van der Waals surface area contributed by atoms with E-state index in [4.69, 9.17) is 0 Å². The van der Waals surface area contributed by atoms with Gasteiger partial charge in [-0.2, -0.15) is 0 Å². The van der Waals surface area contributed by atoms with Crippen LogP contribution in [0.1, 0.15) is 106 Å². The Morgan fingerprint density at radius 1 is 0.812 bits per heavy atom. The van der Waals surface area contributed by atoms with E-state index in [-0.39, 0.29) is 33.2 Å². The van der Waals surface area contributed by atoms with Crippen molar-refractivity contribution >= 4 is 0 Å². The van der Waals surface area contributed by atoms with Crippen LogP contribution in [0.2, 0.25) is 0 Å². The van der Waals surface area contributed by atoms with Crippen LogP contribution >= 0.6 is 0 Å². The SMILES string of the molecule is CC1(CO)CC[C@]2(C)CC[C@]3(C)C(=CC=C4[C@@]5(C)CC[C@H](O)C(C)(C)C5CC[C@]43C)[C@H]2C1. The maximum Gasteiger partial charge on any atom is 0.0594 e. The molecule has 0 aliphatic heterocycles. The van der Waals surface area contributed by atoms with Crippen LogP contribution in [-0.2, 0) is 0 Å². The molecule has 0 aromatic carbocycles. The Hall–Kier alpha value is -0.600. The average molecular weight is 441 g/mol. The average Bonchev–Trinajstić information content (AvgIpc) is 2.73. The van der Waals surface area contributed by atoms with Gasteiger partial charge in [0.1, 0.15) is 0 Å². The van der Waals surface area contributed by atoms with Gasteiger partial charge in [-0.1, -0.05) is 71.8 Å². The summed E-state index contributed by atoms with van der Waals surface area (Å²) >= 11 is 0. The molecule has 5 aliphatic rings. The maximum atomic E-state index is 10.9. The van der Waals surface area contributed by atoms with E-state index < -0.39 is 0 Å². The lowest BCUT2D eigenvalue weighted by atomic mass is 9.36. The van der Waals surface area contributed by atoms with E-state index >= 15 is 0 Å². The van der Waals surface area contributed by atoms with E-state index in [0.29, 0.717) is 23.9 Å². The predicted octanol–water partition coefficient (Wildman–Crippen LogP) is 7.06. The molecule has 2 nitrogen and oxygen atoms in total. The maximum absolute atomic E-state index is 10.9. The molecule has 0 amide bonds. The van der Waals surface area contributed by atoms with Crippen LogP contribution in [0.5, 0.6) is 0 Å². The molecule has 5 aliphatic carbocycles. The number of rotatable bonds is 1. The number of aliphatic hydroxyl groups excluding tert-OH is 2. The molecule has 5 rings (SSSR count). The van der Waals surface area contributed by atoms with Crippen molar-refractivity contribution in [3.8, 4) is 0 Å². The minimum atomic E-state index is -0.176. The predicted molar refractivity (Wildman–Crippen MR) is 132 cm³/mol. The molecule has 32 heavy (non-hydrogen) atoms. The van der Waals surface area contributed by atoms with Gasteiger partial charge in [0, 0.05) is 6.61 Å². The zero-order valence-corrected chi connectivity index (χ0v) is 21.9. The zero-order valence-electron chi connectivity index (χ0n) is 21.9. The molecule has 0 bridgehead atoms. The normalized spacial score (nSPS) is 54.3. The minimum absolute atomic E-state index is 0.0164. The Kier molecular flexibility index (Phi) is 4.88. The molecule has 4 saturated carbocycles. The van der Waals surface area contributed by atoms with E-state index in [1.165, 1.54) is 32.1 Å². The zero-order chi connectivity index (χ0) is 23.4. The summed E-state index contributed by atoms with van der Waals surface area (Å²) in [6, 6.07) is 0. The highest BCUT2D eigenvalue weighted by molar-refractivity contribution is 5.45. The van der Waals surface area contributed by atoms with Gasteiger partial charge in [-0.25, -0.2) is 0 Å². The van der Waals surface area contributed by atoms with Crippen LogP contribution in [0.25, 0.3) is 0 Å². The lowest BCUT2D eigenvalue weighted by molar-refractivity contribution is -0.126. The fourth-order valence-electron chi connectivity index (χ4n) is 9.86. The van der Waals surface area contributed by atoms with Crippen molar-refractivity contribution in [3.63, 3.8) is 0 Å². The number of aliphatic hydroxyl groups is 2. The van der Waals surface area contributed by atoms with Crippen LogP contribution in [0.3, 0.4) is 0 Å². The Morgan fingerprint density at radius 3 is 2.19 bits per heavy atom. The minimum Gasteiger partial charge on any atom is -0.396 e. The van der Waals surface area contributed by atoms with Gasteiger partial charge in [-0.3, -0.25) is 0 Å². The summed E-state index contributed by atoms with van der Waals surface area (Å²) in [5.41, 5.74) is 4.44. The second-order valence-corrected chi connectivity index (χ2v) is 14.6. The number of fused-ring (bicyclic) bond motifs is 7. The molecule has 0 spiro atoms. The van der Waals surface area contributed by atoms with E-state index in [9.17, 15) is 10.2 Å². The summed E-state index contributed by atoms with van der Waals surface area (Å²) in [5.74, 6) is 1.15. The third-order valence-electron chi connectivity index (χ3n) is 12.7. The Bertz CT molecular complexity index is 868. The van der Waals surface area contributed by atoms with Crippen molar-refractivity contribution in [3.05, 3.63) is 23.3 Å². The van der Waals surface area contributed by atoms with E-state index in [1.807, 2.05) is 0 Å². The van der Waals surface area contributed by atoms with Crippen molar-refractivity contribution in [2.75, 3.05) is 6.61 Å². The fraction of sp³-hybridized carbons (Fsp3) is 0.867. The summed E-state index contributed by atoms with van der Waals surface area (Å²) < 4.78 is 0. The monoisotopic (exact) mass is 440 g/mol. The molecule has 0 heterocycles. The van der Waals surface area contributed by atoms with Gasteiger partial charge >= 0.3 is 0 Å². The molecule has 4 fully saturated rings. The molecule has 2 N–H and O–H groups in total. The number of hydrogen-bond acceptors (Lipinski definition) is 2. The first-order valence-electron chi connectivity index (χ1n) is 13.5. The van der Waals surface area contributed by atoms with Crippen molar-refractivity contribution in [1.82, 2.24) is 0 Å². The highest BCUT2D eigenvalue weighted by atomic mass is 16.3. The summed E-state index contributed by atoms with van der Waals surface area (Å²) in [7, 11) is 0. The second-order valence-electron chi connectivity index (χ2n) is 14.6. The van der Waals surface area contributed by atoms with Gasteiger partial charge in [-0.15, -0.1) is 0 Å². The number of allylic oxidation sites excluding steroid dienone is 4. The molecule has 0 radical (unpaired) electrons. The number of hydrogen-bond donors (Lipinski definition) is 2. The molecule has 180 valence electrons. The van der Waals surface area contributed by atoms with E-state index in [2.05, 4.69) is 60.6 Å². The standard InChI is InChI=1S/C30H48O2/c1-25(2)22-10-13-30(7)23(28(22,5)12-11-24(25)32)9-8-20-21-18-26(3,19-31)14-15-27(21,4)16-17-29(20,30)6/h8-9,21-22,24,31-32H,10-19H2,1-7H3/t21-,22?,24+,26?,27-,28+,29-,30-/m1/s1. The van der Waals surface area contributed by atoms with Gasteiger partial charge in [-0.05, 0) is 102 Å². The summed E-state index contributed by atoms with van der Waals surface area (Å²) in [6.45, 7) is 17.5. The van der Waals surface area contributed by atoms with E-state index in [0.717, 1.165) is 25.7 Å². The largest absolute Gasteiger partial charge is 0.396 e. The van der Waals surface area contributed by atoms with Crippen LogP contribution in [-0.4, -0.2) is 22.9 Å². The lowest BCUT2D eigenvalue weighted by Crippen LogP contribution is -2.60. The third kappa shape index (κ3) is 2.72. The van der Waals surface area contributed by atoms with Crippen LogP contribution < -0.4 is 0 Å². The molecular weight excluding hydrogens is 392 g/mol. The van der Waals surface area contributed by atoms with Crippen molar-refractivity contribution in [2.45, 2.75) is 112 Å². The molecule has 0 aromatic rings. The lowest BCUT2D eigenvalue weighted by Gasteiger charge is -2.68. The fourth-order valence-corrected chi connectivity index (χ4v) is 9.86. The summed E-state index contributed by atoms with van der Waals surface area (Å²) in [6.07, 6.45) is 15.6. The summed E-state index contributed by atoms with van der Waals surface area (Å²) in [4.78, 5) is 0. The van der Waals surface area contributed by atoms with Crippen molar-refractivity contribution in [1.29, 1.82) is 0 Å². The van der Waals surface area contributed by atoms with Crippen LogP contribution in [0.4, 0.5) is 0 Å². The Labute approximate surface area is 197 Å². The van der Waals surface area contributed by atoms with Crippen LogP contribution in [0, 0.1) is 44.3 Å². The highest BCUT2D eigenvalue weighted by Gasteiger charge is 2.65. The van der Waals surface area contributed by atoms with Gasteiger partial charge in [0.25, 0.3) is 0 Å². The molecule has 8 atom stereocenters. The second kappa shape index (κ2) is 6.75. The Balaban J connectivity index is 1.62. The smallest absolute Gasteiger partial charge is 0.0594 e.